The van der Waals surface area contributed by atoms with Crippen molar-refractivity contribution >= 4 is 11.9 Å². The normalized spacial score (nSPS) is 13.0. The van der Waals surface area contributed by atoms with Gasteiger partial charge in [0.2, 0.25) is 0 Å². The van der Waals surface area contributed by atoms with Crippen LogP contribution in [0.25, 0.3) is 5.69 Å². The fourth-order valence-electron chi connectivity index (χ4n) is 2.67. The first kappa shape index (κ1) is 24.4. The van der Waals surface area contributed by atoms with E-state index in [1.54, 1.807) is 45.9 Å². The van der Waals surface area contributed by atoms with Crippen LogP contribution in [0.4, 0.5) is 13.2 Å². The monoisotopic (exact) mass is 441 g/mol. The Morgan fingerprint density at radius 1 is 1.23 bits per heavy atom. The molecule has 1 aromatic heterocycles. The number of alkyl halides is 3. The number of nitrogens with zero attached hydrogens (tertiary/aromatic N) is 2. The molecule has 1 aromatic carbocycles. The van der Waals surface area contributed by atoms with Crippen molar-refractivity contribution in [1.29, 1.82) is 0 Å². The molecule has 0 fully saturated rings. The van der Waals surface area contributed by atoms with Gasteiger partial charge in [-0.05, 0) is 38.5 Å². The second-order valence-corrected chi connectivity index (χ2v) is 8.03. The van der Waals surface area contributed by atoms with Gasteiger partial charge in [0, 0.05) is 19.2 Å². The number of nitrogens with one attached hydrogen (secondary N) is 2. The van der Waals surface area contributed by atoms with Crippen molar-refractivity contribution in [2.45, 2.75) is 46.0 Å². The van der Waals surface area contributed by atoms with Gasteiger partial charge in [0.05, 0.1) is 11.6 Å². The van der Waals surface area contributed by atoms with Crippen molar-refractivity contribution in [3.8, 4) is 5.69 Å². The molecule has 0 aliphatic rings. The Hall–Kier alpha value is -2.92. The number of nitrogen functional groups attached to an aromatic ring is 1. The molecule has 170 valence electrons. The Balaban J connectivity index is 2.15. The molecule has 0 saturated carbocycles. The van der Waals surface area contributed by atoms with Gasteiger partial charge in [-0.2, -0.15) is 18.3 Å². The molecular formula is C20H26F3N5O3. The van der Waals surface area contributed by atoms with E-state index in [4.69, 9.17) is 10.6 Å². The lowest BCUT2D eigenvalue weighted by molar-refractivity contribution is -0.159. The third kappa shape index (κ3) is 6.79. The van der Waals surface area contributed by atoms with Gasteiger partial charge in [-0.25, -0.2) is 10.5 Å². The number of hydrazine groups is 1. The topological polar surface area (TPSA) is 111 Å². The second kappa shape index (κ2) is 9.48. The van der Waals surface area contributed by atoms with Gasteiger partial charge in [-0.15, -0.1) is 0 Å². The first-order valence-electron chi connectivity index (χ1n) is 9.53. The van der Waals surface area contributed by atoms with Crippen molar-refractivity contribution in [2.75, 3.05) is 6.54 Å². The maximum absolute atomic E-state index is 13.1. The van der Waals surface area contributed by atoms with Gasteiger partial charge in [0.25, 0.3) is 5.91 Å². The first-order chi connectivity index (χ1) is 14.3. The zero-order chi connectivity index (χ0) is 23.4. The minimum absolute atomic E-state index is 0.258. The number of carbonyl (C=O) groups excluding carboxylic acids is 2. The average Bonchev–Trinajstić information content (AvgIpc) is 3.12. The maximum atomic E-state index is 13.1. The van der Waals surface area contributed by atoms with Gasteiger partial charge >= 0.3 is 12.1 Å². The number of hydrogen-bond acceptors (Lipinski definition) is 6. The predicted octanol–water partition coefficient (Wildman–Crippen LogP) is 2.56. The number of hydrogen-bond donors (Lipinski definition) is 3. The summed E-state index contributed by atoms with van der Waals surface area (Å²) in [4.78, 5) is 24.0. The molecule has 0 spiro atoms. The summed E-state index contributed by atoms with van der Waals surface area (Å²) in [6.45, 7) is 7.78. The molecular weight excluding hydrogens is 415 g/mol. The fraction of sp³-hybridized carbons (Fsp3) is 0.450. The molecule has 0 saturated heterocycles. The predicted molar refractivity (Wildman–Crippen MR) is 107 cm³/mol. The van der Waals surface area contributed by atoms with Crippen LogP contribution in [0.3, 0.4) is 0 Å². The number of carbonyl (C=O) groups is 2. The number of rotatable bonds is 7. The number of halogens is 3. The number of amides is 1. The van der Waals surface area contributed by atoms with E-state index in [0.717, 1.165) is 10.2 Å². The van der Waals surface area contributed by atoms with E-state index in [1.165, 1.54) is 6.07 Å². The molecule has 31 heavy (non-hydrogen) atoms. The van der Waals surface area contributed by atoms with Crippen LogP contribution >= 0.6 is 0 Å². The van der Waals surface area contributed by atoms with E-state index >= 15 is 0 Å². The standard InChI is InChI=1S/C20H26F3N5O3/c1-12(18(30)31-19(2,3)4)10-25-11-13-6-5-7-14(8-13)28-15(17(29)26-24)9-16(27-28)20(21,22)23/h5-9,12,25H,10-11,24H2,1-4H3,(H,26,29)/t12-/m0/s1. The summed E-state index contributed by atoms with van der Waals surface area (Å²) in [6.07, 6.45) is -4.72. The third-order valence-corrected chi connectivity index (χ3v) is 4.11. The van der Waals surface area contributed by atoms with E-state index in [2.05, 4.69) is 10.4 Å². The van der Waals surface area contributed by atoms with Crippen LogP contribution in [0, 0.1) is 5.92 Å². The summed E-state index contributed by atoms with van der Waals surface area (Å²) in [5, 5.41) is 6.64. The Kier molecular flexibility index (Phi) is 7.45. The highest BCUT2D eigenvalue weighted by molar-refractivity contribution is 5.92. The summed E-state index contributed by atoms with van der Waals surface area (Å²) < 4.78 is 45.4. The molecule has 1 atom stereocenters. The summed E-state index contributed by atoms with van der Waals surface area (Å²) in [7, 11) is 0. The van der Waals surface area contributed by atoms with Crippen LogP contribution in [0.15, 0.2) is 30.3 Å². The van der Waals surface area contributed by atoms with Crippen molar-refractivity contribution < 1.29 is 27.5 Å². The zero-order valence-corrected chi connectivity index (χ0v) is 17.7. The van der Waals surface area contributed by atoms with Crippen LogP contribution in [-0.2, 0) is 22.3 Å². The molecule has 0 bridgehead atoms. The summed E-state index contributed by atoms with van der Waals surface area (Å²) >= 11 is 0. The molecule has 2 rings (SSSR count). The van der Waals surface area contributed by atoms with Gasteiger partial charge in [-0.3, -0.25) is 15.0 Å². The number of nitrogens with two attached hydrogens (primary N) is 1. The van der Waals surface area contributed by atoms with Crippen molar-refractivity contribution in [3.63, 3.8) is 0 Å². The second-order valence-electron chi connectivity index (χ2n) is 8.03. The largest absolute Gasteiger partial charge is 0.460 e. The molecule has 0 aliphatic carbocycles. The van der Waals surface area contributed by atoms with Crippen LogP contribution in [0.2, 0.25) is 0 Å². The van der Waals surface area contributed by atoms with Crippen molar-refractivity contribution in [2.24, 2.45) is 11.8 Å². The van der Waals surface area contributed by atoms with E-state index in [0.29, 0.717) is 19.2 Å². The molecule has 8 nitrogen and oxygen atoms in total. The number of ether oxygens (including phenoxy) is 1. The molecule has 1 amide bonds. The lowest BCUT2D eigenvalue weighted by Gasteiger charge is -2.22. The van der Waals surface area contributed by atoms with E-state index in [9.17, 15) is 22.8 Å². The quantitative estimate of drug-likeness (QED) is 0.264. The number of aromatic nitrogens is 2. The van der Waals surface area contributed by atoms with Crippen molar-refractivity contribution in [3.05, 3.63) is 47.3 Å². The average molecular weight is 441 g/mol. The maximum Gasteiger partial charge on any atom is 0.435 e. The van der Waals surface area contributed by atoms with Gasteiger partial charge in [0.1, 0.15) is 11.3 Å². The third-order valence-electron chi connectivity index (χ3n) is 4.11. The van der Waals surface area contributed by atoms with Crippen LogP contribution < -0.4 is 16.6 Å². The van der Waals surface area contributed by atoms with Gasteiger partial charge < -0.3 is 10.1 Å². The zero-order valence-electron chi connectivity index (χ0n) is 17.7. The molecule has 0 aliphatic heterocycles. The lowest BCUT2D eigenvalue weighted by atomic mass is 10.1. The molecule has 2 aromatic rings. The number of esters is 1. The summed E-state index contributed by atoms with van der Waals surface area (Å²) in [6, 6.07) is 7.13. The Bertz CT molecular complexity index is 935. The first-order valence-corrected chi connectivity index (χ1v) is 9.53. The molecule has 0 unspecified atom stereocenters. The molecule has 0 radical (unpaired) electrons. The SMILES string of the molecule is C[C@@H](CNCc1cccc(-n2nc(C(F)(F)F)cc2C(=O)NN)c1)C(=O)OC(C)(C)C. The molecule has 11 heteroatoms. The van der Waals surface area contributed by atoms with E-state index in [-0.39, 0.29) is 23.3 Å². The Labute approximate surface area is 177 Å². The Morgan fingerprint density at radius 2 is 1.90 bits per heavy atom. The summed E-state index contributed by atoms with van der Waals surface area (Å²) in [5.74, 6) is 3.46. The number of benzene rings is 1. The fourth-order valence-corrected chi connectivity index (χ4v) is 2.67. The minimum atomic E-state index is -4.72. The van der Waals surface area contributed by atoms with Crippen LogP contribution in [0.5, 0.6) is 0 Å². The van der Waals surface area contributed by atoms with E-state index < -0.39 is 23.4 Å². The van der Waals surface area contributed by atoms with E-state index in [1.807, 2.05) is 5.43 Å². The van der Waals surface area contributed by atoms with Crippen LogP contribution in [0.1, 0.15) is 49.4 Å². The van der Waals surface area contributed by atoms with Crippen LogP contribution in [-0.4, -0.2) is 33.8 Å². The highest BCUT2D eigenvalue weighted by Gasteiger charge is 2.36. The van der Waals surface area contributed by atoms with Gasteiger partial charge in [-0.1, -0.05) is 19.1 Å². The minimum Gasteiger partial charge on any atom is -0.460 e. The smallest absolute Gasteiger partial charge is 0.435 e. The van der Waals surface area contributed by atoms with Gasteiger partial charge in [0.15, 0.2) is 5.69 Å². The van der Waals surface area contributed by atoms with Crippen molar-refractivity contribution in [1.82, 2.24) is 20.5 Å². The highest BCUT2D eigenvalue weighted by Crippen LogP contribution is 2.29. The molecule has 4 N–H and O–H groups in total. The highest BCUT2D eigenvalue weighted by atomic mass is 19.4. The Morgan fingerprint density at radius 3 is 2.48 bits per heavy atom. The lowest BCUT2D eigenvalue weighted by Crippen LogP contribution is -2.32. The molecule has 1 heterocycles. The summed E-state index contributed by atoms with van der Waals surface area (Å²) in [5.41, 5.74) is 0.665.